The minimum atomic E-state index is -1.27. The summed E-state index contributed by atoms with van der Waals surface area (Å²) in [5.74, 6) is -3.11. The van der Waals surface area contributed by atoms with Crippen LogP contribution < -0.4 is 5.32 Å². The van der Waals surface area contributed by atoms with Gasteiger partial charge in [-0.05, 0) is 13.0 Å². The number of carboxylic acid groups (broad SMARTS) is 1. The van der Waals surface area contributed by atoms with Crippen LogP contribution in [0.15, 0.2) is 18.2 Å². The van der Waals surface area contributed by atoms with Gasteiger partial charge in [0.05, 0.1) is 11.0 Å². The number of carbonyl (C=O) groups is 2. The number of nitrogens with zero attached hydrogens (tertiary/aromatic N) is 1. The molecule has 2 N–H and O–H groups in total. The number of aliphatic carboxylic acids is 1. The van der Waals surface area contributed by atoms with Crippen molar-refractivity contribution in [1.82, 2.24) is 5.32 Å². The molecule has 1 rings (SSSR count). The number of benzene rings is 1. The number of nitrogens with one attached hydrogen (secondary N) is 1. The smallest absolute Gasteiger partial charge is 0.325 e. The monoisotopic (exact) mass is 256 g/mol. The van der Waals surface area contributed by atoms with Gasteiger partial charge in [0.15, 0.2) is 0 Å². The number of hydrogen-bond acceptors (Lipinski definition) is 4. The van der Waals surface area contributed by atoms with E-state index in [1.54, 1.807) is 0 Å². The van der Waals surface area contributed by atoms with Gasteiger partial charge in [0.25, 0.3) is 11.6 Å². The SMILES string of the molecule is C[C@@H](NC(=O)c1cc(F)cc([N+](=O)[O-])c1)C(=O)O. The highest BCUT2D eigenvalue weighted by atomic mass is 19.1. The fraction of sp³-hybridized carbons (Fsp3) is 0.200. The van der Waals surface area contributed by atoms with Crippen molar-refractivity contribution in [3.8, 4) is 0 Å². The average molecular weight is 256 g/mol. The minimum Gasteiger partial charge on any atom is -0.480 e. The Bertz CT molecular complexity index is 517. The Morgan fingerprint density at radius 3 is 2.56 bits per heavy atom. The second-order valence-electron chi connectivity index (χ2n) is 3.49. The van der Waals surface area contributed by atoms with Crippen molar-refractivity contribution in [3.63, 3.8) is 0 Å². The van der Waals surface area contributed by atoms with Gasteiger partial charge in [-0.3, -0.25) is 19.7 Å². The van der Waals surface area contributed by atoms with Crippen molar-refractivity contribution in [2.75, 3.05) is 0 Å². The topological polar surface area (TPSA) is 110 Å². The van der Waals surface area contributed by atoms with Gasteiger partial charge < -0.3 is 10.4 Å². The lowest BCUT2D eigenvalue weighted by Crippen LogP contribution is -2.38. The van der Waals surface area contributed by atoms with Gasteiger partial charge in [0.2, 0.25) is 0 Å². The van der Waals surface area contributed by atoms with E-state index in [9.17, 15) is 24.1 Å². The molecule has 0 aliphatic carbocycles. The van der Waals surface area contributed by atoms with E-state index in [0.29, 0.717) is 6.07 Å². The van der Waals surface area contributed by atoms with E-state index >= 15 is 0 Å². The molecule has 0 fully saturated rings. The summed E-state index contributed by atoms with van der Waals surface area (Å²) in [6, 6.07) is 1.14. The van der Waals surface area contributed by atoms with Gasteiger partial charge in [-0.15, -0.1) is 0 Å². The maximum Gasteiger partial charge on any atom is 0.325 e. The van der Waals surface area contributed by atoms with Crippen LogP contribution in [0.3, 0.4) is 0 Å². The second-order valence-corrected chi connectivity index (χ2v) is 3.49. The van der Waals surface area contributed by atoms with E-state index < -0.39 is 34.3 Å². The highest BCUT2D eigenvalue weighted by molar-refractivity contribution is 5.97. The summed E-state index contributed by atoms with van der Waals surface area (Å²) >= 11 is 0. The third-order valence-electron chi connectivity index (χ3n) is 2.07. The van der Waals surface area contributed by atoms with Crippen LogP contribution in [0.2, 0.25) is 0 Å². The largest absolute Gasteiger partial charge is 0.480 e. The number of nitro benzene ring substituents is 1. The number of non-ortho nitro benzene ring substituents is 1. The van der Waals surface area contributed by atoms with Crippen LogP contribution >= 0.6 is 0 Å². The first-order valence-corrected chi connectivity index (χ1v) is 4.80. The number of halogens is 1. The number of rotatable bonds is 4. The average Bonchev–Trinajstić information content (AvgIpc) is 2.27. The Morgan fingerprint density at radius 2 is 2.06 bits per heavy atom. The lowest BCUT2D eigenvalue weighted by molar-refractivity contribution is -0.385. The van der Waals surface area contributed by atoms with Crippen LogP contribution in [-0.2, 0) is 4.79 Å². The van der Waals surface area contributed by atoms with Gasteiger partial charge >= 0.3 is 5.97 Å². The maximum atomic E-state index is 13.0. The molecule has 0 saturated heterocycles. The van der Waals surface area contributed by atoms with Gasteiger partial charge in [0.1, 0.15) is 11.9 Å². The zero-order valence-electron chi connectivity index (χ0n) is 9.21. The molecule has 1 aromatic rings. The van der Waals surface area contributed by atoms with Crippen molar-refractivity contribution >= 4 is 17.6 Å². The first-order chi connectivity index (χ1) is 8.31. The molecule has 0 aromatic heterocycles. The Kier molecular flexibility index (Phi) is 3.93. The van der Waals surface area contributed by atoms with E-state index in [0.717, 1.165) is 12.1 Å². The lowest BCUT2D eigenvalue weighted by Gasteiger charge is -2.09. The summed E-state index contributed by atoms with van der Waals surface area (Å²) in [4.78, 5) is 31.7. The van der Waals surface area contributed by atoms with E-state index in [4.69, 9.17) is 5.11 Å². The summed E-state index contributed by atoms with van der Waals surface area (Å²) in [5.41, 5.74) is -0.891. The molecular weight excluding hydrogens is 247 g/mol. The van der Waals surface area contributed by atoms with E-state index in [2.05, 4.69) is 5.32 Å². The highest BCUT2D eigenvalue weighted by Crippen LogP contribution is 2.16. The molecule has 0 heterocycles. The van der Waals surface area contributed by atoms with Crippen molar-refractivity contribution in [2.24, 2.45) is 0 Å². The zero-order chi connectivity index (χ0) is 13.9. The highest BCUT2D eigenvalue weighted by Gasteiger charge is 2.18. The van der Waals surface area contributed by atoms with Crippen molar-refractivity contribution in [2.45, 2.75) is 13.0 Å². The predicted octanol–water partition coefficient (Wildman–Crippen LogP) is 0.937. The van der Waals surface area contributed by atoms with Crippen LogP contribution in [0.1, 0.15) is 17.3 Å². The second kappa shape index (κ2) is 5.21. The van der Waals surface area contributed by atoms with Crippen LogP contribution in [-0.4, -0.2) is 27.9 Å². The van der Waals surface area contributed by atoms with Gasteiger partial charge in [-0.2, -0.15) is 0 Å². The van der Waals surface area contributed by atoms with Gasteiger partial charge in [0, 0.05) is 11.6 Å². The van der Waals surface area contributed by atoms with Crippen molar-refractivity contribution in [3.05, 3.63) is 39.7 Å². The molecule has 0 radical (unpaired) electrons. The summed E-state index contributed by atoms with van der Waals surface area (Å²) < 4.78 is 13.0. The summed E-state index contributed by atoms with van der Waals surface area (Å²) in [6.07, 6.45) is 0. The van der Waals surface area contributed by atoms with Crippen LogP contribution in [0, 0.1) is 15.9 Å². The van der Waals surface area contributed by atoms with Crippen molar-refractivity contribution < 1.29 is 24.0 Å². The molecule has 1 aromatic carbocycles. The van der Waals surface area contributed by atoms with E-state index in [1.807, 2.05) is 0 Å². The summed E-state index contributed by atoms with van der Waals surface area (Å²) in [5, 5.41) is 21.1. The molecule has 96 valence electrons. The normalized spacial score (nSPS) is 11.7. The maximum absolute atomic E-state index is 13.0. The quantitative estimate of drug-likeness (QED) is 0.615. The van der Waals surface area contributed by atoms with E-state index in [1.165, 1.54) is 6.92 Å². The molecule has 1 amide bonds. The minimum absolute atomic E-state index is 0.310. The molecule has 1 atom stereocenters. The standard InChI is InChI=1S/C10H9FN2O5/c1-5(10(15)16)12-9(14)6-2-7(11)4-8(3-6)13(17)18/h2-5H,1H3,(H,12,14)(H,15,16)/t5-/m1/s1. The van der Waals surface area contributed by atoms with Gasteiger partial charge in [-0.25, -0.2) is 4.39 Å². The number of carboxylic acids is 1. The van der Waals surface area contributed by atoms with Crippen molar-refractivity contribution in [1.29, 1.82) is 0 Å². The van der Waals surface area contributed by atoms with Crippen LogP contribution in [0.25, 0.3) is 0 Å². The molecule has 18 heavy (non-hydrogen) atoms. The lowest BCUT2D eigenvalue weighted by atomic mass is 10.1. The molecule has 0 saturated carbocycles. The molecule has 8 heteroatoms. The molecule has 0 aliphatic rings. The Hall–Kier alpha value is -2.51. The Morgan fingerprint density at radius 1 is 1.44 bits per heavy atom. The number of nitro groups is 1. The number of amides is 1. The van der Waals surface area contributed by atoms with Crippen LogP contribution in [0.4, 0.5) is 10.1 Å². The molecule has 0 spiro atoms. The summed E-state index contributed by atoms with van der Waals surface area (Å²) in [7, 11) is 0. The fourth-order valence-corrected chi connectivity index (χ4v) is 1.15. The molecule has 0 unspecified atom stereocenters. The fourth-order valence-electron chi connectivity index (χ4n) is 1.15. The number of carbonyl (C=O) groups excluding carboxylic acids is 1. The molecule has 0 bridgehead atoms. The Balaban J connectivity index is 2.99. The number of hydrogen-bond donors (Lipinski definition) is 2. The predicted molar refractivity (Wildman–Crippen MR) is 57.6 cm³/mol. The third kappa shape index (κ3) is 3.24. The van der Waals surface area contributed by atoms with Crippen LogP contribution in [0.5, 0.6) is 0 Å². The van der Waals surface area contributed by atoms with Gasteiger partial charge in [-0.1, -0.05) is 0 Å². The molecular formula is C10H9FN2O5. The Labute approximate surface area is 100 Å². The van der Waals surface area contributed by atoms with E-state index in [-0.39, 0.29) is 5.56 Å². The zero-order valence-corrected chi connectivity index (χ0v) is 9.21. The third-order valence-corrected chi connectivity index (χ3v) is 2.07. The summed E-state index contributed by atoms with van der Waals surface area (Å²) in [6.45, 7) is 1.22. The molecule has 0 aliphatic heterocycles. The first kappa shape index (κ1) is 13.6. The molecule has 7 nitrogen and oxygen atoms in total. The first-order valence-electron chi connectivity index (χ1n) is 4.80.